The van der Waals surface area contributed by atoms with Gasteiger partial charge in [0.25, 0.3) is 0 Å². The van der Waals surface area contributed by atoms with Gasteiger partial charge in [-0.15, -0.1) is 0 Å². The molecule has 1 aromatic rings. The van der Waals surface area contributed by atoms with E-state index < -0.39 is 30.4 Å². The van der Waals surface area contributed by atoms with Gasteiger partial charge in [-0.3, -0.25) is 9.48 Å². The third kappa shape index (κ3) is 4.48. The van der Waals surface area contributed by atoms with Crippen LogP contribution in [0.25, 0.3) is 0 Å². The number of aliphatic carboxylic acids is 2. The number of rotatable bonds is 6. The second-order valence-corrected chi connectivity index (χ2v) is 4.59. The molecule has 0 bridgehead atoms. The van der Waals surface area contributed by atoms with Crippen LogP contribution in [0, 0.1) is 13.8 Å². The minimum Gasteiger partial charge on any atom is -0.481 e. The summed E-state index contributed by atoms with van der Waals surface area (Å²) < 4.78 is 1.68. The molecule has 1 atom stereocenters. The largest absolute Gasteiger partial charge is 0.481 e. The molecule has 0 fully saturated rings. The Labute approximate surface area is 120 Å². The van der Waals surface area contributed by atoms with Crippen molar-refractivity contribution in [2.45, 2.75) is 32.9 Å². The summed E-state index contributed by atoms with van der Waals surface area (Å²) >= 11 is 0. The maximum absolute atomic E-state index is 11.6. The number of amides is 2. The molecule has 0 saturated carbocycles. The molecule has 0 aliphatic rings. The molecule has 1 unspecified atom stereocenters. The fraction of sp³-hybridized carbons (Fsp3) is 0.500. The third-order valence-electron chi connectivity index (χ3n) is 3.07. The van der Waals surface area contributed by atoms with Crippen molar-refractivity contribution in [2.24, 2.45) is 7.05 Å². The third-order valence-corrected chi connectivity index (χ3v) is 3.07. The lowest BCUT2D eigenvalue weighted by Crippen LogP contribution is -2.46. The highest BCUT2D eigenvalue weighted by molar-refractivity contribution is 5.86. The highest BCUT2D eigenvalue weighted by atomic mass is 16.4. The summed E-state index contributed by atoms with van der Waals surface area (Å²) in [5.41, 5.74) is 2.47. The number of hydrogen-bond donors (Lipinski definition) is 4. The van der Waals surface area contributed by atoms with E-state index in [-0.39, 0.29) is 6.54 Å². The Morgan fingerprint density at radius 2 is 1.90 bits per heavy atom. The van der Waals surface area contributed by atoms with Gasteiger partial charge in [-0.25, -0.2) is 9.59 Å². The molecule has 1 heterocycles. The van der Waals surface area contributed by atoms with E-state index in [1.54, 1.807) is 18.7 Å². The Bertz CT molecular complexity index is 566. The van der Waals surface area contributed by atoms with Gasteiger partial charge >= 0.3 is 18.0 Å². The van der Waals surface area contributed by atoms with E-state index >= 15 is 0 Å². The molecule has 0 aliphatic carbocycles. The Balaban J connectivity index is 2.61. The molecule has 0 saturated heterocycles. The molecule has 1 aromatic heterocycles. The SMILES string of the molecule is Cc1nn(C)c(C)c1CNC(=O)NC(CC(=O)O)C(=O)O. The first-order valence-electron chi connectivity index (χ1n) is 6.20. The van der Waals surface area contributed by atoms with Crippen molar-refractivity contribution in [1.82, 2.24) is 20.4 Å². The average molecular weight is 298 g/mol. The molecule has 2 amide bonds. The van der Waals surface area contributed by atoms with Gasteiger partial charge in [0.1, 0.15) is 6.04 Å². The fourth-order valence-corrected chi connectivity index (χ4v) is 1.83. The lowest BCUT2D eigenvalue weighted by atomic mass is 10.2. The highest BCUT2D eigenvalue weighted by Gasteiger charge is 2.23. The van der Waals surface area contributed by atoms with Crippen LogP contribution in [0.4, 0.5) is 4.79 Å². The predicted molar refractivity (Wildman–Crippen MR) is 71.7 cm³/mol. The Morgan fingerprint density at radius 3 is 2.33 bits per heavy atom. The van der Waals surface area contributed by atoms with Gasteiger partial charge in [0.15, 0.2) is 0 Å². The summed E-state index contributed by atoms with van der Waals surface area (Å²) in [6.45, 7) is 3.82. The van der Waals surface area contributed by atoms with E-state index in [0.717, 1.165) is 17.0 Å². The number of aryl methyl sites for hydroxylation is 2. The number of aromatic nitrogens is 2. The summed E-state index contributed by atoms with van der Waals surface area (Å²) in [5, 5.41) is 26.2. The van der Waals surface area contributed by atoms with Crippen molar-refractivity contribution in [2.75, 3.05) is 0 Å². The number of urea groups is 1. The zero-order valence-corrected chi connectivity index (χ0v) is 12.0. The molecule has 9 heteroatoms. The quantitative estimate of drug-likeness (QED) is 0.573. The van der Waals surface area contributed by atoms with Crippen LogP contribution in [-0.2, 0) is 23.2 Å². The smallest absolute Gasteiger partial charge is 0.326 e. The molecular formula is C12H18N4O5. The number of nitrogens with zero attached hydrogens (tertiary/aromatic N) is 2. The van der Waals surface area contributed by atoms with Crippen LogP contribution in [-0.4, -0.2) is 44.0 Å². The number of nitrogens with one attached hydrogen (secondary N) is 2. The average Bonchev–Trinajstić information content (AvgIpc) is 2.60. The van der Waals surface area contributed by atoms with E-state index in [1.807, 2.05) is 6.92 Å². The highest BCUT2D eigenvalue weighted by Crippen LogP contribution is 2.10. The van der Waals surface area contributed by atoms with Crippen LogP contribution in [0.2, 0.25) is 0 Å². The monoisotopic (exact) mass is 298 g/mol. The Hall–Kier alpha value is -2.58. The lowest BCUT2D eigenvalue weighted by molar-refractivity contribution is -0.145. The van der Waals surface area contributed by atoms with Crippen LogP contribution in [0.5, 0.6) is 0 Å². The van der Waals surface area contributed by atoms with Gasteiger partial charge < -0.3 is 20.8 Å². The maximum atomic E-state index is 11.6. The first-order chi connectivity index (χ1) is 9.72. The first kappa shape index (κ1) is 16.5. The number of carboxylic acid groups (broad SMARTS) is 2. The predicted octanol–water partition coefficient (Wildman–Crippen LogP) is -0.236. The molecule has 0 spiro atoms. The fourth-order valence-electron chi connectivity index (χ4n) is 1.83. The molecule has 116 valence electrons. The first-order valence-corrected chi connectivity index (χ1v) is 6.20. The number of carbonyl (C=O) groups is 3. The van der Waals surface area contributed by atoms with Crippen LogP contribution in [0.15, 0.2) is 0 Å². The molecule has 0 aromatic carbocycles. The van der Waals surface area contributed by atoms with E-state index in [1.165, 1.54) is 0 Å². The minimum atomic E-state index is -1.47. The van der Waals surface area contributed by atoms with Gasteiger partial charge in [0.05, 0.1) is 12.1 Å². The van der Waals surface area contributed by atoms with E-state index in [4.69, 9.17) is 10.2 Å². The lowest BCUT2D eigenvalue weighted by Gasteiger charge is -2.13. The minimum absolute atomic E-state index is 0.177. The second kappa shape index (κ2) is 6.73. The summed E-state index contributed by atoms with van der Waals surface area (Å²) in [5.74, 6) is -2.71. The molecule has 9 nitrogen and oxygen atoms in total. The molecule has 0 radical (unpaired) electrons. The van der Waals surface area contributed by atoms with Crippen LogP contribution < -0.4 is 10.6 Å². The number of carbonyl (C=O) groups excluding carboxylic acids is 1. The van der Waals surface area contributed by atoms with Crippen LogP contribution in [0.3, 0.4) is 0 Å². The topological polar surface area (TPSA) is 134 Å². The van der Waals surface area contributed by atoms with Gasteiger partial charge in [-0.2, -0.15) is 5.10 Å². The van der Waals surface area contributed by atoms with Crippen LogP contribution in [0.1, 0.15) is 23.4 Å². The Kier molecular flexibility index (Phi) is 5.28. The van der Waals surface area contributed by atoms with Gasteiger partial charge in [-0.05, 0) is 13.8 Å². The van der Waals surface area contributed by atoms with Crippen molar-refractivity contribution in [3.63, 3.8) is 0 Å². The van der Waals surface area contributed by atoms with Crippen molar-refractivity contribution >= 4 is 18.0 Å². The van der Waals surface area contributed by atoms with Gasteiger partial charge in [0, 0.05) is 24.8 Å². The maximum Gasteiger partial charge on any atom is 0.326 e. The van der Waals surface area contributed by atoms with Gasteiger partial charge in [-0.1, -0.05) is 0 Å². The summed E-state index contributed by atoms with van der Waals surface area (Å²) in [6, 6.07) is -2.22. The van der Waals surface area contributed by atoms with E-state index in [2.05, 4.69) is 15.7 Å². The standard InChI is InChI=1S/C12H18N4O5/c1-6-8(7(2)16(3)15-6)5-13-12(21)14-9(11(19)20)4-10(17)18/h9H,4-5H2,1-3H3,(H,17,18)(H,19,20)(H2,13,14,21). The number of carboxylic acids is 2. The van der Waals surface area contributed by atoms with Crippen molar-refractivity contribution in [3.8, 4) is 0 Å². The zero-order chi connectivity index (χ0) is 16.2. The van der Waals surface area contributed by atoms with Crippen LogP contribution >= 0.6 is 0 Å². The summed E-state index contributed by atoms with van der Waals surface area (Å²) in [7, 11) is 1.78. The summed E-state index contributed by atoms with van der Waals surface area (Å²) in [4.78, 5) is 33.0. The van der Waals surface area contributed by atoms with Crippen molar-refractivity contribution in [3.05, 3.63) is 17.0 Å². The van der Waals surface area contributed by atoms with E-state index in [9.17, 15) is 14.4 Å². The molecule has 0 aliphatic heterocycles. The normalized spacial score (nSPS) is 11.8. The number of hydrogen-bond acceptors (Lipinski definition) is 4. The van der Waals surface area contributed by atoms with Gasteiger partial charge in [0.2, 0.25) is 0 Å². The Morgan fingerprint density at radius 1 is 1.29 bits per heavy atom. The summed E-state index contributed by atoms with van der Waals surface area (Å²) in [6.07, 6.45) is -0.687. The van der Waals surface area contributed by atoms with Crippen molar-refractivity contribution in [1.29, 1.82) is 0 Å². The molecule has 1 rings (SSSR count). The molecular weight excluding hydrogens is 280 g/mol. The zero-order valence-electron chi connectivity index (χ0n) is 12.0. The molecule has 4 N–H and O–H groups in total. The van der Waals surface area contributed by atoms with E-state index in [0.29, 0.717) is 0 Å². The molecule has 21 heavy (non-hydrogen) atoms. The second-order valence-electron chi connectivity index (χ2n) is 4.59. The van der Waals surface area contributed by atoms with Crippen molar-refractivity contribution < 1.29 is 24.6 Å².